The van der Waals surface area contributed by atoms with Gasteiger partial charge < -0.3 is 24.8 Å². The maximum absolute atomic E-state index is 14.8. The highest BCUT2D eigenvalue weighted by molar-refractivity contribution is 5.90. The van der Waals surface area contributed by atoms with Gasteiger partial charge in [-0.15, -0.1) is 0 Å². The number of nitrogens with zero attached hydrogens (tertiary/aromatic N) is 2. The lowest BCUT2D eigenvalue weighted by Gasteiger charge is -2.35. The third-order valence-corrected chi connectivity index (χ3v) is 9.07. The third-order valence-electron chi connectivity index (χ3n) is 9.07. The van der Waals surface area contributed by atoms with Crippen LogP contribution >= 0.6 is 0 Å². The second-order valence-electron chi connectivity index (χ2n) is 14.0. The normalized spacial score (nSPS) is 21.0. The van der Waals surface area contributed by atoms with Crippen LogP contribution < -0.4 is 14.8 Å². The predicted octanol–water partition coefficient (Wildman–Crippen LogP) is 6.75. The molecular formula is C37H49N3O5. The zero-order valence-corrected chi connectivity index (χ0v) is 28.1. The van der Waals surface area contributed by atoms with Gasteiger partial charge in [-0.1, -0.05) is 90.9 Å². The topological polar surface area (TPSA) is 101 Å². The molecule has 2 aromatic carbocycles. The summed E-state index contributed by atoms with van der Waals surface area (Å²) in [6.45, 7) is 15.0. The summed E-state index contributed by atoms with van der Waals surface area (Å²) in [6.07, 6.45) is 2.17. The van der Waals surface area contributed by atoms with E-state index >= 15 is 0 Å². The van der Waals surface area contributed by atoms with Crippen LogP contribution in [0.25, 0.3) is 0 Å². The summed E-state index contributed by atoms with van der Waals surface area (Å²) >= 11 is 0. The minimum Gasteiger partial charge on any atom is -0.496 e. The molecule has 45 heavy (non-hydrogen) atoms. The Morgan fingerprint density at radius 1 is 0.978 bits per heavy atom. The number of carbonyl (C=O) groups is 2. The number of pyridine rings is 1. The van der Waals surface area contributed by atoms with Crippen LogP contribution in [-0.2, 0) is 21.5 Å². The van der Waals surface area contributed by atoms with Crippen LogP contribution in [0, 0.1) is 11.3 Å². The average molecular weight is 616 g/mol. The van der Waals surface area contributed by atoms with Crippen LogP contribution in [0.4, 0.5) is 0 Å². The number of nitrogens with one attached hydrogen (secondary N) is 1. The zero-order chi connectivity index (χ0) is 33.1. The molecule has 1 aliphatic rings. The van der Waals surface area contributed by atoms with Crippen molar-refractivity contribution in [3.63, 3.8) is 0 Å². The molecule has 4 rings (SSSR count). The van der Waals surface area contributed by atoms with E-state index in [1.54, 1.807) is 25.3 Å². The lowest BCUT2D eigenvalue weighted by Crippen LogP contribution is -2.49. The minimum atomic E-state index is -1.09. The van der Waals surface area contributed by atoms with Crippen molar-refractivity contribution in [1.82, 2.24) is 15.2 Å². The number of benzene rings is 2. The highest BCUT2D eigenvalue weighted by Gasteiger charge is 2.59. The van der Waals surface area contributed by atoms with Gasteiger partial charge in [-0.05, 0) is 46.6 Å². The Balaban J connectivity index is 1.91. The molecule has 1 aromatic heterocycles. The summed E-state index contributed by atoms with van der Waals surface area (Å²) in [5.74, 6) is -1.12. The highest BCUT2D eigenvalue weighted by atomic mass is 16.5. The van der Waals surface area contributed by atoms with Crippen molar-refractivity contribution < 1.29 is 24.2 Å². The number of hydrogen-bond acceptors (Lipinski definition) is 6. The van der Waals surface area contributed by atoms with E-state index in [0.717, 1.165) is 16.9 Å². The summed E-state index contributed by atoms with van der Waals surface area (Å²) in [5.41, 5.74) is 3.09. The molecule has 1 saturated heterocycles. The Morgan fingerprint density at radius 3 is 2.22 bits per heavy atom. The van der Waals surface area contributed by atoms with Gasteiger partial charge in [-0.25, -0.2) is 9.78 Å². The van der Waals surface area contributed by atoms with Crippen molar-refractivity contribution >= 4 is 11.9 Å². The molecule has 0 unspecified atom stereocenters. The van der Waals surface area contributed by atoms with Crippen LogP contribution in [0.5, 0.6) is 11.6 Å². The number of carboxylic acids is 1. The van der Waals surface area contributed by atoms with Gasteiger partial charge in [0.25, 0.3) is 0 Å². The number of rotatable bonds is 10. The maximum Gasteiger partial charge on any atom is 0.326 e. The SMILES string of the molecule is CC[C@H](C(=O)N1[C@H](C(=O)O)[C@@H](C(C)(C)C)[C@H](NCc2cc(C(C)(C)C)ccc2OC)[C@@H]1c1cccnc1OC)c1ccccc1. The lowest BCUT2D eigenvalue weighted by molar-refractivity contribution is -0.153. The number of methoxy groups -OCH3 is 2. The number of amides is 1. The third kappa shape index (κ3) is 7.01. The molecule has 8 nitrogen and oxygen atoms in total. The lowest BCUT2D eigenvalue weighted by atomic mass is 9.72. The molecule has 2 N–H and O–H groups in total. The quantitative estimate of drug-likeness (QED) is 0.260. The first-order valence-electron chi connectivity index (χ1n) is 15.7. The van der Waals surface area contributed by atoms with Crippen molar-refractivity contribution in [2.75, 3.05) is 14.2 Å². The first-order chi connectivity index (χ1) is 21.2. The second kappa shape index (κ2) is 13.6. The van der Waals surface area contributed by atoms with E-state index in [4.69, 9.17) is 9.47 Å². The van der Waals surface area contributed by atoms with Crippen molar-refractivity contribution in [3.05, 3.63) is 89.1 Å². The highest BCUT2D eigenvalue weighted by Crippen LogP contribution is 2.50. The number of likely N-dealkylation sites (tertiary alicyclic amines) is 1. The average Bonchev–Trinajstić information content (AvgIpc) is 3.36. The van der Waals surface area contributed by atoms with Crippen LogP contribution in [0.3, 0.4) is 0 Å². The fraction of sp³-hybridized carbons (Fsp3) is 0.486. The molecule has 2 heterocycles. The summed E-state index contributed by atoms with van der Waals surface area (Å²) in [7, 11) is 3.20. The van der Waals surface area contributed by atoms with E-state index in [1.165, 1.54) is 5.56 Å². The Hall–Kier alpha value is -3.91. The molecular weight excluding hydrogens is 566 g/mol. The molecule has 0 radical (unpaired) electrons. The molecule has 0 spiro atoms. The molecule has 1 aliphatic heterocycles. The first kappa shape index (κ1) is 34.0. The van der Waals surface area contributed by atoms with E-state index in [9.17, 15) is 14.7 Å². The van der Waals surface area contributed by atoms with Crippen molar-refractivity contribution in [2.45, 2.75) is 90.9 Å². The monoisotopic (exact) mass is 615 g/mol. The van der Waals surface area contributed by atoms with Crippen LogP contribution in [-0.4, -0.2) is 53.2 Å². The van der Waals surface area contributed by atoms with Gasteiger partial charge in [-0.3, -0.25) is 4.79 Å². The summed E-state index contributed by atoms with van der Waals surface area (Å²) in [6, 6.07) is 17.3. The Morgan fingerprint density at radius 2 is 1.67 bits per heavy atom. The van der Waals surface area contributed by atoms with Crippen molar-refractivity contribution in [1.29, 1.82) is 0 Å². The number of aromatic nitrogens is 1. The standard InChI is InChI=1S/C37H49N3O5/c1-10-26(23-15-12-11-13-16-23)34(41)40-31(27-17-14-20-38-33(27)45-9)30(29(37(5,6)7)32(40)35(42)43)39-22-24-21-25(36(2,3)4)18-19-28(24)44-8/h11-21,26,29-32,39H,10,22H2,1-9H3,(H,42,43)/t26-,29-,30-,31-,32-/m0/s1. The van der Waals surface area contributed by atoms with Crippen LogP contribution in [0.1, 0.15) is 89.1 Å². The van der Waals surface area contributed by atoms with E-state index in [1.807, 2.05) is 76.2 Å². The smallest absolute Gasteiger partial charge is 0.326 e. The largest absolute Gasteiger partial charge is 0.496 e. The first-order valence-corrected chi connectivity index (χ1v) is 15.7. The Bertz CT molecular complexity index is 1480. The molecule has 242 valence electrons. The molecule has 0 saturated carbocycles. The van der Waals surface area contributed by atoms with Crippen molar-refractivity contribution in [2.24, 2.45) is 11.3 Å². The van der Waals surface area contributed by atoms with E-state index in [2.05, 4.69) is 43.2 Å². The summed E-state index contributed by atoms with van der Waals surface area (Å²) in [5, 5.41) is 14.7. The number of carboxylic acid groups (broad SMARTS) is 1. The van der Waals surface area contributed by atoms with Gasteiger partial charge in [0.1, 0.15) is 11.8 Å². The molecule has 0 aliphatic carbocycles. The molecule has 1 amide bonds. The van der Waals surface area contributed by atoms with E-state index < -0.39 is 41.3 Å². The van der Waals surface area contributed by atoms with Crippen LogP contribution in [0.2, 0.25) is 0 Å². The van der Waals surface area contributed by atoms with Gasteiger partial charge in [-0.2, -0.15) is 0 Å². The minimum absolute atomic E-state index is 0.0713. The van der Waals surface area contributed by atoms with Gasteiger partial charge in [0.05, 0.1) is 26.2 Å². The molecule has 8 heteroatoms. The molecule has 5 atom stereocenters. The molecule has 0 bridgehead atoms. The molecule has 1 fully saturated rings. The fourth-order valence-corrected chi connectivity index (χ4v) is 6.88. The van der Waals surface area contributed by atoms with Gasteiger partial charge in [0.2, 0.25) is 11.8 Å². The van der Waals surface area contributed by atoms with Crippen molar-refractivity contribution in [3.8, 4) is 11.6 Å². The van der Waals surface area contributed by atoms with E-state index in [-0.39, 0.29) is 11.3 Å². The molecule has 3 aromatic rings. The van der Waals surface area contributed by atoms with Gasteiger partial charge in [0.15, 0.2) is 0 Å². The maximum atomic E-state index is 14.8. The Labute approximate surface area is 268 Å². The zero-order valence-electron chi connectivity index (χ0n) is 28.1. The fourth-order valence-electron chi connectivity index (χ4n) is 6.88. The Kier molecular flexibility index (Phi) is 10.3. The number of hydrogen-bond donors (Lipinski definition) is 2. The second-order valence-corrected chi connectivity index (χ2v) is 14.0. The van der Waals surface area contributed by atoms with Gasteiger partial charge >= 0.3 is 5.97 Å². The van der Waals surface area contributed by atoms with E-state index in [0.29, 0.717) is 24.4 Å². The van der Waals surface area contributed by atoms with Crippen LogP contribution in [0.15, 0.2) is 66.9 Å². The van der Waals surface area contributed by atoms with Gasteiger partial charge in [0, 0.05) is 35.8 Å². The number of ether oxygens (including phenoxy) is 2. The summed E-state index contributed by atoms with van der Waals surface area (Å²) in [4.78, 5) is 34.2. The number of carbonyl (C=O) groups excluding carboxylic acids is 1. The predicted molar refractivity (Wildman–Crippen MR) is 177 cm³/mol. The number of aliphatic carboxylic acids is 1. The summed E-state index contributed by atoms with van der Waals surface area (Å²) < 4.78 is 11.5.